The summed E-state index contributed by atoms with van der Waals surface area (Å²) in [5.41, 5.74) is 1.39. The highest BCUT2D eigenvalue weighted by Gasteiger charge is 1.97. The number of pyridine rings is 1. The molecule has 2 rings (SSSR count). The Morgan fingerprint density at radius 3 is 3.25 bits per heavy atom. The van der Waals surface area contributed by atoms with Gasteiger partial charge in [0.25, 0.3) is 0 Å². The quantitative estimate of drug-likeness (QED) is 0.465. The second-order valence-corrected chi connectivity index (χ2v) is 2.26. The first-order valence-electron chi connectivity index (χ1n) is 3.42. The molecule has 0 radical (unpaired) electrons. The molecule has 0 aromatic carbocycles. The van der Waals surface area contributed by atoms with Gasteiger partial charge in [0.05, 0.1) is 11.7 Å². The van der Waals surface area contributed by atoms with Gasteiger partial charge in [-0.05, 0) is 18.2 Å². The van der Waals surface area contributed by atoms with E-state index in [0.717, 1.165) is 5.52 Å². The highest BCUT2D eigenvalue weighted by Crippen LogP contribution is 2.17. The number of nitrogens with zero attached hydrogens (tertiary/aromatic N) is 3. The molecule has 0 N–H and O–H groups in total. The molecule has 0 unspecified atom stereocenters. The Kier molecular flexibility index (Phi) is 1.47. The number of carbonyl (C=O) groups excluding carboxylic acids is 1. The van der Waals surface area contributed by atoms with E-state index in [1.807, 2.05) is 0 Å². The molecule has 58 valence electrons. The van der Waals surface area contributed by atoms with E-state index in [2.05, 4.69) is 10.1 Å². The van der Waals surface area contributed by atoms with Crippen LogP contribution >= 0.6 is 0 Å². The largest absolute Gasteiger partial charge is 0.240 e. The highest BCUT2D eigenvalue weighted by molar-refractivity contribution is 5.70. The molecular formula is C8H5N3O. The van der Waals surface area contributed by atoms with Crippen LogP contribution < -0.4 is 0 Å². The van der Waals surface area contributed by atoms with E-state index in [-0.39, 0.29) is 0 Å². The molecule has 0 saturated heterocycles. The van der Waals surface area contributed by atoms with Crippen LogP contribution in [0.25, 0.3) is 5.52 Å². The summed E-state index contributed by atoms with van der Waals surface area (Å²) in [4.78, 5) is 13.6. The normalized spacial score (nSPS) is 9.67. The number of hydrogen-bond donors (Lipinski definition) is 0. The molecule has 0 aliphatic rings. The molecule has 2 heterocycles. The third-order valence-electron chi connectivity index (χ3n) is 1.58. The second-order valence-electron chi connectivity index (χ2n) is 2.26. The fourth-order valence-corrected chi connectivity index (χ4v) is 1.08. The van der Waals surface area contributed by atoms with E-state index in [4.69, 9.17) is 0 Å². The zero-order chi connectivity index (χ0) is 8.39. The van der Waals surface area contributed by atoms with Crippen LogP contribution in [0.4, 0.5) is 5.69 Å². The number of aliphatic imine (C=N–C) groups is 1. The van der Waals surface area contributed by atoms with Gasteiger partial charge in [-0.2, -0.15) is 10.1 Å². The molecular weight excluding hydrogens is 154 g/mol. The molecule has 12 heavy (non-hydrogen) atoms. The van der Waals surface area contributed by atoms with Gasteiger partial charge in [-0.15, -0.1) is 0 Å². The van der Waals surface area contributed by atoms with Crippen molar-refractivity contribution in [3.05, 3.63) is 30.6 Å². The van der Waals surface area contributed by atoms with Crippen LogP contribution in [0.1, 0.15) is 0 Å². The predicted molar refractivity (Wildman–Crippen MR) is 43.0 cm³/mol. The van der Waals surface area contributed by atoms with Gasteiger partial charge in [-0.1, -0.05) is 0 Å². The molecule has 0 bridgehead atoms. The topological polar surface area (TPSA) is 46.7 Å². The summed E-state index contributed by atoms with van der Waals surface area (Å²) >= 11 is 0. The van der Waals surface area contributed by atoms with Gasteiger partial charge in [0.2, 0.25) is 6.08 Å². The number of aromatic nitrogens is 2. The Hall–Kier alpha value is -1.93. The van der Waals surface area contributed by atoms with Crippen molar-refractivity contribution in [2.75, 3.05) is 0 Å². The number of fused-ring (bicyclic) bond motifs is 1. The molecule has 0 fully saturated rings. The maximum Gasteiger partial charge on any atom is 0.240 e. The Morgan fingerprint density at radius 1 is 1.50 bits per heavy atom. The molecule has 0 aliphatic heterocycles. The average Bonchev–Trinajstić information content (AvgIpc) is 2.53. The van der Waals surface area contributed by atoms with Crippen molar-refractivity contribution in [2.45, 2.75) is 0 Å². The minimum atomic E-state index is 0.588. The van der Waals surface area contributed by atoms with Crippen LogP contribution in [-0.4, -0.2) is 15.7 Å². The highest BCUT2D eigenvalue weighted by atomic mass is 16.1. The zero-order valence-corrected chi connectivity index (χ0v) is 6.14. The zero-order valence-electron chi connectivity index (χ0n) is 6.14. The third kappa shape index (κ3) is 0.909. The first-order chi connectivity index (χ1) is 5.92. The number of rotatable bonds is 1. The van der Waals surface area contributed by atoms with Crippen molar-refractivity contribution in [3.63, 3.8) is 0 Å². The molecule has 0 saturated carbocycles. The Labute approximate surface area is 68.2 Å². The lowest BCUT2D eigenvalue weighted by atomic mass is 10.3. The molecule has 2 aromatic rings. The van der Waals surface area contributed by atoms with Crippen LogP contribution in [0.2, 0.25) is 0 Å². The van der Waals surface area contributed by atoms with Crippen LogP contribution in [0.3, 0.4) is 0 Å². The second kappa shape index (κ2) is 2.60. The van der Waals surface area contributed by atoms with Crippen LogP contribution in [0.15, 0.2) is 35.6 Å². The SMILES string of the molecule is O=C=Nc1cccn2nccc12. The standard InChI is InChI=1S/C8H5N3O/c12-6-9-7-2-1-5-11-8(7)3-4-10-11/h1-5H. The van der Waals surface area contributed by atoms with Crippen molar-refractivity contribution >= 4 is 17.3 Å². The first kappa shape index (κ1) is 6.76. The fraction of sp³-hybridized carbons (Fsp3) is 0. The average molecular weight is 159 g/mol. The Bertz CT molecular complexity index is 454. The number of hydrogen-bond acceptors (Lipinski definition) is 3. The first-order valence-corrected chi connectivity index (χ1v) is 3.42. The van der Waals surface area contributed by atoms with E-state index < -0.39 is 0 Å². The lowest BCUT2D eigenvalue weighted by molar-refractivity contribution is 0.565. The summed E-state index contributed by atoms with van der Waals surface area (Å²) in [6, 6.07) is 5.30. The molecule has 0 atom stereocenters. The fourth-order valence-electron chi connectivity index (χ4n) is 1.08. The van der Waals surface area contributed by atoms with E-state index >= 15 is 0 Å². The smallest absolute Gasteiger partial charge is 0.239 e. The molecule has 0 amide bonds. The van der Waals surface area contributed by atoms with Crippen LogP contribution in [0.5, 0.6) is 0 Å². The summed E-state index contributed by atoms with van der Waals surface area (Å²) in [6.45, 7) is 0. The molecule has 0 aliphatic carbocycles. The summed E-state index contributed by atoms with van der Waals surface area (Å²) in [5.74, 6) is 0. The predicted octanol–water partition coefficient (Wildman–Crippen LogP) is 1.30. The van der Waals surface area contributed by atoms with E-state index in [0.29, 0.717) is 5.69 Å². The summed E-state index contributed by atoms with van der Waals surface area (Å²) < 4.78 is 1.65. The summed E-state index contributed by atoms with van der Waals surface area (Å²) in [6.07, 6.45) is 4.94. The maximum absolute atomic E-state index is 10.0. The summed E-state index contributed by atoms with van der Waals surface area (Å²) in [7, 11) is 0. The van der Waals surface area contributed by atoms with Crippen molar-refractivity contribution in [2.24, 2.45) is 4.99 Å². The molecule has 0 spiro atoms. The maximum atomic E-state index is 10.0. The minimum absolute atomic E-state index is 0.588. The molecule has 4 heteroatoms. The third-order valence-corrected chi connectivity index (χ3v) is 1.58. The van der Waals surface area contributed by atoms with E-state index in [9.17, 15) is 4.79 Å². The van der Waals surface area contributed by atoms with Crippen LogP contribution in [-0.2, 0) is 4.79 Å². The molecule has 2 aromatic heterocycles. The lowest BCUT2D eigenvalue weighted by Gasteiger charge is -1.93. The van der Waals surface area contributed by atoms with Gasteiger partial charge in [0, 0.05) is 6.20 Å². The van der Waals surface area contributed by atoms with E-state index in [1.165, 1.54) is 6.08 Å². The van der Waals surface area contributed by atoms with Crippen molar-refractivity contribution in [1.29, 1.82) is 0 Å². The monoisotopic (exact) mass is 159 g/mol. The van der Waals surface area contributed by atoms with Gasteiger partial charge >= 0.3 is 0 Å². The number of isocyanates is 1. The van der Waals surface area contributed by atoms with Gasteiger partial charge in [0.1, 0.15) is 5.69 Å². The Morgan fingerprint density at radius 2 is 2.42 bits per heavy atom. The Balaban J connectivity index is 2.81. The lowest BCUT2D eigenvalue weighted by Crippen LogP contribution is -1.83. The van der Waals surface area contributed by atoms with Crippen molar-refractivity contribution in [1.82, 2.24) is 9.61 Å². The summed E-state index contributed by atoms with van der Waals surface area (Å²) in [5, 5.41) is 3.99. The van der Waals surface area contributed by atoms with Gasteiger partial charge < -0.3 is 0 Å². The van der Waals surface area contributed by atoms with Crippen molar-refractivity contribution in [3.8, 4) is 0 Å². The van der Waals surface area contributed by atoms with Gasteiger partial charge in [-0.3, -0.25) is 0 Å². The van der Waals surface area contributed by atoms with Gasteiger partial charge in [0.15, 0.2) is 0 Å². The van der Waals surface area contributed by atoms with Crippen molar-refractivity contribution < 1.29 is 4.79 Å². The van der Waals surface area contributed by atoms with Gasteiger partial charge in [-0.25, -0.2) is 9.31 Å². The van der Waals surface area contributed by atoms with E-state index in [1.54, 1.807) is 35.1 Å². The minimum Gasteiger partial charge on any atom is -0.239 e. The van der Waals surface area contributed by atoms with Crippen LogP contribution in [0, 0.1) is 0 Å². The molecule has 4 nitrogen and oxygen atoms in total.